The van der Waals surface area contributed by atoms with E-state index >= 15 is 0 Å². The zero-order valence-corrected chi connectivity index (χ0v) is 19.7. The Labute approximate surface area is 197 Å². The van der Waals surface area contributed by atoms with Crippen molar-refractivity contribution in [3.05, 3.63) is 82.3 Å². The van der Waals surface area contributed by atoms with Gasteiger partial charge in [-0.2, -0.15) is 8.42 Å². The van der Waals surface area contributed by atoms with Gasteiger partial charge in [0.2, 0.25) is 5.78 Å². The number of nitrogens with zero attached hydrogens (tertiary/aromatic N) is 1. The van der Waals surface area contributed by atoms with Crippen LogP contribution in [0.3, 0.4) is 0 Å². The number of nitrogen functional groups attached to an aromatic ring is 1. The fourth-order valence-corrected chi connectivity index (χ4v) is 6.87. The number of thioether (sulfide) groups is 1. The Kier molecular flexibility index (Phi) is 6.45. The topological polar surface area (TPSA) is 141 Å². The van der Waals surface area contributed by atoms with Gasteiger partial charge in [0.25, 0.3) is 10.1 Å². The maximum Gasteiger partial charge on any atom is 0.264 e. The summed E-state index contributed by atoms with van der Waals surface area (Å²) in [5.41, 5.74) is 7.65. The lowest BCUT2D eigenvalue weighted by atomic mass is 10.1. The van der Waals surface area contributed by atoms with Crippen molar-refractivity contribution in [2.45, 2.75) is 16.2 Å². The van der Waals surface area contributed by atoms with E-state index in [2.05, 4.69) is 0 Å². The van der Waals surface area contributed by atoms with Crippen LogP contribution in [0.15, 0.2) is 86.5 Å². The fourth-order valence-electron chi connectivity index (χ4n) is 3.62. The van der Waals surface area contributed by atoms with E-state index in [4.69, 9.17) is 10.3 Å². The number of carbonyl (C=O) groups is 1. The largest absolute Gasteiger partial charge is 0.399 e. The molecular weight excluding hydrogens is 484 g/mol. The van der Waals surface area contributed by atoms with Crippen LogP contribution in [0.2, 0.25) is 0 Å². The van der Waals surface area contributed by atoms with Crippen LogP contribution in [0.1, 0.15) is 16.8 Å². The first-order valence-corrected chi connectivity index (χ1v) is 13.9. The number of rotatable bonds is 6. The SMILES string of the molecule is Nc1ccc2c(c1)SC(=CC=CC=C1C(=O)c3ccccc3S1(O)O)N2CCCS(=O)(=O)O. The fraction of sp³-hybridized carbons (Fsp3) is 0.136. The Bertz CT molecular complexity index is 1320. The zero-order valence-electron chi connectivity index (χ0n) is 17.3. The molecule has 2 aromatic rings. The van der Waals surface area contributed by atoms with Crippen molar-refractivity contribution in [2.75, 3.05) is 22.9 Å². The molecular formula is C22H22N2O6S3. The number of fused-ring (bicyclic) bond motifs is 2. The molecule has 2 aromatic carbocycles. The minimum absolute atomic E-state index is 0.0570. The minimum Gasteiger partial charge on any atom is -0.399 e. The second kappa shape index (κ2) is 9.01. The van der Waals surface area contributed by atoms with Crippen molar-refractivity contribution in [2.24, 2.45) is 0 Å². The van der Waals surface area contributed by atoms with Gasteiger partial charge in [-0.3, -0.25) is 18.5 Å². The van der Waals surface area contributed by atoms with Gasteiger partial charge in [0.1, 0.15) is 4.91 Å². The molecule has 2 aliphatic heterocycles. The summed E-state index contributed by atoms with van der Waals surface area (Å²) in [6.45, 7) is 0.360. The summed E-state index contributed by atoms with van der Waals surface area (Å²) in [5, 5.41) is 0.799. The first-order chi connectivity index (χ1) is 15.6. The molecule has 0 atom stereocenters. The molecule has 0 saturated heterocycles. The lowest BCUT2D eigenvalue weighted by Gasteiger charge is -2.27. The van der Waals surface area contributed by atoms with Crippen LogP contribution in [-0.4, -0.2) is 40.2 Å². The number of hydrogen-bond donors (Lipinski definition) is 4. The molecule has 2 aliphatic rings. The molecule has 33 heavy (non-hydrogen) atoms. The lowest BCUT2D eigenvalue weighted by molar-refractivity contribution is 0.104. The predicted molar refractivity (Wildman–Crippen MR) is 132 cm³/mol. The Hall–Kier alpha value is -2.54. The minimum atomic E-state index is -4.06. The molecule has 4 rings (SSSR count). The van der Waals surface area contributed by atoms with E-state index in [9.17, 15) is 22.3 Å². The van der Waals surface area contributed by atoms with E-state index in [-0.39, 0.29) is 22.0 Å². The van der Waals surface area contributed by atoms with E-state index in [0.717, 1.165) is 15.6 Å². The molecule has 0 spiro atoms. The van der Waals surface area contributed by atoms with Crippen molar-refractivity contribution in [3.8, 4) is 0 Å². The van der Waals surface area contributed by atoms with Gasteiger partial charge < -0.3 is 10.6 Å². The third-order valence-electron chi connectivity index (χ3n) is 5.11. The second-order valence-corrected chi connectivity index (χ2v) is 12.0. The molecule has 11 heteroatoms. The normalized spacial score (nSPS) is 20.6. The third kappa shape index (κ3) is 4.88. The number of hydrogen-bond acceptors (Lipinski definition) is 8. The number of benzene rings is 2. The number of carbonyl (C=O) groups excluding carboxylic acids is 1. The first kappa shape index (κ1) is 23.6. The van der Waals surface area contributed by atoms with Gasteiger partial charge in [-0.25, -0.2) is 0 Å². The average Bonchev–Trinajstić information content (AvgIpc) is 3.17. The highest BCUT2D eigenvalue weighted by molar-refractivity contribution is 8.28. The second-order valence-electron chi connectivity index (χ2n) is 7.42. The quantitative estimate of drug-likeness (QED) is 0.248. The molecule has 0 amide bonds. The van der Waals surface area contributed by atoms with Gasteiger partial charge in [0, 0.05) is 22.7 Å². The van der Waals surface area contributed by atoms with Gasteiger partial charge in [0.05, 0.1) is 21.4 Å². The van der Waals surface area contributed by atoms with Gasteiger partial charge in [-0.15, -0.1) is 10.6 Å². The molecule has 0 aliphatic carbocycles. The van der Waals surface area contributed by atoms with Crippen LogP contribution < -0.4 is 10.6 Å². The van der Waals surface area contributed by atoms with E-state index in [1.807, 2.05) is 17.0 Å². The highest BCUT2D eigenvalue weighted by atomic mass is 32.3. The van der Waals surface area contributed by atoms with Crippen LogP contribution >= 0.6 is 22.4 Å². The van der Waals surface area contributed by atoms with Crippen molar-refractivity contribution in [1.82, 2.24) is 0 Å². The number of nitrogens with two attached hydrogens (primary N) is 1. The summed E-state index contributed by atoms with van der Waals surface area (Å²) in [6.07, 6.45) is 6.65. The predicted octanol–water partition coefficient (Wildman–Crippen LogP) is 4.75. The Morgan fingerprint density at radius 2 is 1.82 bits per heavy atom. The molecule has 174 valence electrons. The maximum absolute atomic E-state index is 12.6. The van der Waals surface area contributed by atoms with Crippen LogP contribution in [0, 0.1) is 0 Å². The summed E-state index contributed by atoms with van der Waals surface area (Å²) in [7, 11) is -7.41. The molecule has 5 N–H and O–H groups in total. The smallest absolute Gasteiger partial charge is 0.264 e. The Morgan fingerprint density at radius 3 is 2.55 bits per heavy atom. The molecule has 0 unspecified atom stereocenters. The summed E-state index contributed by atoms with van der Waals surface area (Å²) < 4.78 is 52.3. The van der Waals surface area contributed by atoms with E-state index in [1.54, 1.807) is 42.5 Å². The van der Waals surface area contributed by atoms with Gasteiger partial charge in [-0.05, 0) is 48.9 Å². The van der Waals surface area contributed by atoms with Crippen molar-refractivity contribution in [1.29, 1.82) is 0 Å². The summed E-state index contributed by atoms with van der Waals surface area (Å²) in [5.74, 6) is -0.762. The van der Waals surface area contributed by atoms with Crippen LogP contribution in [-0.2, 0) is 10.1 Å². The van der Waals surface area contributed by atoms with E-state index in [0.29, 0.717) is 17.8 Å². The van der Waals surface area contributed by atoms with Crippen molar-refractivity contribution >= 4 is 49.6 Å². The molecule has 2 heterocycles. The highest BCUT2D eigenvalue weighted by Crippen LogP contribution is 2.62. The molecule has 8 nitrogen and oxygen atoms in total. The summed E-state index contributed by atoms with van der Waals surface area (Å²) >= 11 is 1.45. The number of allylic oxidation sites excluding steroid dienone is 5. The summed E-state index contributed by atoms with van der Waals surface area (Å²) in [4.78, 5) is 15.6. The van der Waals surface area contributed by atoms with Crippen molar-refractivity contribution < 1.29 is 26.9 Å². The zero-order chi connectivity index (χ0) is 23.8. The molecule has 0 aromatic heterocycles. The molecule has 0 radical (unpaired) electrons. The highest BCUT2D eigenvalue weighted by Gasteiger charge is 2.38. The first-order valence-electron chi connectivity index (χ1n) is 9.89. The molecule has 0 fully saturated rings. The monoisotopic (exact) mass is 506 g/mol. The van der Waals surface area contributed by atoms with Gasteiger partial charge >= 0.3 is 0 Å². The van der Waals surface area contributed by atoms with Crippen LogP contribution in [0.4, 0.5) is 11.4 Å². The standard InChI is InChI=1S/C22H22N2O6S3/c23-15-10-11-17-18(14-15)31-21(24(17)12-5-13-32(26,27)28)9-4-3-8-20-22(25)16-6-1-2-7-19(16)33(20,29)30/h1-4,6-11,14,29-30H,5,12-13,23H2,(H,26,27,28). The van der Waals surface area contributed by atoms with E-state index < -0.39 is 26.5 Å². The van der Waals surface area contributed by atoms with Gasteiger partial charge in [0.15, 0.2) is 0 Å². The lowest BCUT2D eigenvalue weighted by Crippen LogP contribution is -2.21. The number of Topliss-reactive ketones (excluding diaryl/α,β-unsaturated/α-hetero) is 1. The maximum atomic E-state index is 12.6. The van der Waals surface area contributed by atoms with Crippen molar-refractivity contribution in [3.63, 3.8) is 0 Å². The Balaban J connectivity index is 1.57. The number of ketones is 1. The molecule has 0 saturated carbocycles. The molecule has 0 bridgehead atoms. The van der Waals surface area contributed by atoms with Crippen LogP contribution in [0.25, 0.3) is 0 Å². The van der Waals surface area contributed by atoms with Crippen LogP contribution in [0.5, 0.6) is 0 Å². The average molecular weight is 507 g/mol. The number of anilines is 2. The summed E-state index contributed by atoms with van der Waals surface area (Å²) in [6, 6.07) is 11.9. The van der Waals surface area contributed by atoms with E-state index in [1.165, 1.54) is 23.9 Å². The third-order valence-corrected chi connectivity index (χ3v) is 8.93. The van der Waals surface area contributed by atoms with Gasteiger partial charge in [-0.1, -0.05) is 36.0 Å². The Morgan fingerprint density at radius 1 is 1.09 bits per heavy atom.